The Labute approximate surface area is 241 Å². The fourth-order valence-corrected chi connectivity index (χ4v) is 5.57. The van der Waals surface area contributed by atoms with E-state index in [1.54, 1.807) is 39.1 Å². The first-order valence-electron chi connectivity index (χ1n) is 12.9. The van der Waals surface area contributed by atoms with Gasteiger partial charge in [-0.25, -0.2) is 9.78 Å². The molecule has 214 valence electrons. The molecule has 0 radical (unpaired) electrons. The van der Waals surface area contributed by atoms with Gasteiger partial charge in [-0.3, -0.25) is 19.9 Å². The zero-order valence-electron chi connectivity index (χ0n) is 23.3. The van der Waals surface area contributed by atoms with Gasteiger partial charge >= 0.3 is 17.6 Å². The van der Waals surface area contributed by atoms with Gasteiger partial charge < -0.3 is 19.5 Å². The molecule has 41 heavy (non-hydrogen) atoms. The summed E-state index contributed by atoms with van der Waals surface area (Å²) in [5, 5.41) is 17.1. The van der Waals surface area contributed by atoms with Crippen LogP contribution in [-0.4, -0.2) is 47.9 Å². The topological polar surface area (TPSA) is 142 Å². The Morgan fingerprint density at radius 3 is 2.51 bits per heavy atom. The van der Waals surface area contributed by atoms with E-state index >= 15 is 0 Å². The average Bonchev–Trinajstić information content (AvgIpc) is 3.41. The van der Waals surface area contributed by atoms with Gasteiger partial charge in [-0.05, 0) is 51.5 Å². The fourth-order valence-electron chi connectivity index (χ4n) is 4.84. The maximum absolute atomic E-state index is 13.2. The molecule has 0 bridgehead atoms. The molecule has 11 nitrogen and oxygen atoms in total. The molecule has 1 aliphatic rings. The van der Waals surface area contributed by atoms with Crippen LogP contribution in [0.25, 0.3) is 11.3 Å². The minimum atomic E-state index is -0.840. The van der Waals surface area contributed by atoms with Crippen LogP contribution in [0.5, 0.6) is 5.75 Å². The number of rotatable bonds is 10. The second-order valence-electron chi connectivity index (χ2n) is 9.07. The number of hydrogen-bond donors (Lipinski definition) is 1. The first-order valence-corrected chi connectivity index (χ1v) is 13.8. The quantitative estimate of drug-likeness (QED) is 0.173. The average molecular weight is 579 g/mol. The van der Waals surface area contributed by atoms with Crippen molar-refractivity contribution in [1.29, 1.82) is 0 Å². The van der Waals surface area contributed by atoms with Gasteiger partial charge in [0.2, 0.25) is 0 Å². The number of carbonyl (C=O) groups excluding carboxylic acids is 2. The molecule has 12 heteroatoms. The number of nitro benzene ring substituents is 1. The number of methoxy groups -OCH3 is 1. The van der Waals surface area contributed by atoms with E-state index in [4.69, 9.17) is 14.2 Å². The number of aromatic nitrogens is 1. The number of thiazole rings is 1. The summed E-state index contributed by atoms with van der Waals surface area (Å²) in [5.74, 6) is -2.44. The summed E-state index contributed by atoms with van der Waals surface area (Å²) in [5.41, 5.74) is 3.51. The third-order valence-corrected chi connectivity index (χ3v) is 7.33. The second-order valence-corrected chi connectivity index (χ2v) is 9.93. The number of carbonyl (C=O) groups is 2. The number of benzene rings is 2. The van der Waals surface area contributed by atoms with E-state index in [0.29, 0.717) is 39.0 Å². The van der Waals surface area contributed by atoms with Crippen molar-refractivity contribution >= 4 is 45.5 Å². The number of esters is 2. The molecule has 1 N–H and O–H groups in total. The zero-order chi connectivity index (χ0) is 29.7. The molecule has 0 saturated carbocycles. The minimum Gasteiger partial charge on any atom is -0.490 e. The predicted molar refractivity (Wildman–Crippen MR) is 156 cm³/mol. The lowest BCUT2D eigenvalue weighted by Crippen LogP contribution is -2.36. The van der Waals surface area contributed by atoms with Crippen molar-refractivity contribution in [1.82, 2.24) is 4.98 Å². The molecule has 2 atom stereocenters. The summed E-state index contributed by atoms with van der Waals surface area (Å²) >= 11 is 1.31. The number of anilines is 2. The molecule has 0 spiro atoms. The van der Waals surface area contributed by atoms with Gasteiger partial charge in [-0.1, -0.05) is 18.2 Å². The maximum Gasteiger partial charge on any atom is 0.336 e. The maximum atomic E-state index is 13.2. The van der Waals surface area contributed by atoms with Crippen LogP contribution in [0, 0.1) is 16.0 Å². The lowest BCUT2D eigenvalue weighted by atomic mass is 9.75. The van der Waals surface area contributed by atoms with Crippen LogP contribution in [0.1, 0.15) is 39.2 Å². The first-order chi connectivity index (χ1) is 19.7. The number of para-hydroxylation sites is 1. The number of nitro groups is 1. The van der Waals surface area contributed by atoms with E-state index < -0.39 is 28.7 Å². The molecule has 1 aromatic heterocycles. The molecule has 0 amide bonds. The van der Waals surface area contributed by atoms with Gasteiger partial charge in [-0.2, -0.15) is 0 Å². The van der Waals surface area contributed by atoms with Crippen molar-refractivity contribution in [2.24, 2.45) is 10.9 Å². The van der Waals surface area contributed by atoms with Crippen LogP contribution in [0.4, 0.5) is 16.5 Å². The molecular weight excluding hydrogens is 548 g/mol. The van der Waals surface area contributed by atoms with E-state index in [-0.39, 0.29) is 30.2 Å². The van der Waals surface area contributed by atoms with Gasteiger partial charge in [0.15, 0.2) is 10.9 Å². The van der Waals surface area contributed by atoms with Crippen LogP contribution in [0.15, 0.2) is 64.1 Å². The van der Waals surface area contributed by atoms with Crippen molar-refractivity contribution in [2.75, 3.05) is 25.6 Å². The number of hydrogen-bond acceptors (Lipinski definition) is 11. The van der Waals surface area contributed by atoms with Crippen molar-refractivity contribution in [3.63, 3.8) is 0 Å². The fraction of sp³-hybridized carbons (Fsp3) is 0.310. The summed E-state index contributed by atoms with van der Waals surface area (Å²) in [6, 6.07) is 12.0. The number of allylic oxidation sites excluding steroid dienone is 1. The highest BCUT2D eigenvalue weighted by Gasteiger charge is 2.43. The van der Waals surface area contributed by atoms with E-state index in [2.05, 4.69) is 15.3 Å². The smallest absolute Gasteiger partial charge is 0.336 e. The Hall–Kier alpha value is -4.58. The van der Waals surface area contributed by atoms with E-state index in [1.807, 2.05) is 24.3 Å². The van der Waals surface area contributed by atoms with Crippen molar-refractivity contribution in [2.45, 2.75) is 33.6 Å². The Morgan fingerprint density at radius 2 is 1.83 bits per heavy atom. The van der Waals surface area contributed by atoms with E-state index in [1.165, 1.54) is 30.6 Å². The molecule has 2 aromatic carbocycles. The Kier molecular flexibility index (Phi) is 9.13. The number of nitrogens with zero attached hydrogens (tertiary/aromatic N) is 3. The van der Waals surface area contributed by atoms with Gasteiger partial charge in [-0.15, -0.1) is 11.3 Å². The largest absolute Gasteiger partial charge is 0.490 e. The van der Waals surface area contributed by atoms with Crippen molar-refractivity contribution < 1.29 is 28.7 Å². The molecule has 0 saturated heterocycles. The van der Waals surface area contributed by atoms with Crippen LogP contribution in [0.3, 0.4) is 0 Å². The highest BCUT2D eigenvalue weighted by molar-refractivity contribution is 7.14. The molecule has 1 aliphatic heterocycles. The monoisotopic (exact) mass is 578 g/mol. The van der Waals surface area contributed by atoms with Gasteiger partial charge in [0.05, 0.1) is 36.5 Å². The Bertz CT molecular complexity index is 1550. The number of ether oxygens (including phenoxy) is 3. The molecule has 2 heterocycles. The molecule has 4 rings (SSSR count). The molecule has 3 aromatic rings. The summed E-state index contributed by atoms with van der Waals surface area (Å²) < 4.78 is 15.9. The lowest BCUT2D eigenvalue weighted by molar-refractivity contribution is -0.385. The summed E-state index contributed by atoms with van der Waals surface area (Å²) in [6.07, 6.45) is 0. The number of nitrogens with one attached hydrogen (secondary N) is 1. The van der Waals surface area contributed by atoms with Crippen LogP contribution in [0.2, 0.25) is 0 Å². The molecular formula is C29H30N4O7S. The Balaban J connectivity index is 1.75. The zero-order valence-corrected chi connectivity index (χ0v) is 24.1. The second kappa shape index (κ2) is 12.7. The SMILES string of the molecule is CCOC(=O)C1=C(C)N=C(C)C(C(=O)OCC)C1c1ccccc1Nc1nc(-c2ccc(OC)c([N+](=O)[O-])c2)cs1. The van der Waals surface area contributed by atoms with Gasteiger partial charge in [0.1, 0.15) is 5.92 Å². The van der Waals surface area contributed by atoms with Gasteiger partial charge in [0, 0.05) is 40.0 Å². The van der Waals surface area contributed by atoms with E-state index in [0.717, 1.165) is 0 Å². The first kappa shape index (κ1) is 29.4. The van der Waals surface area contributed by atoms with Gasteiger partial charge in [0.25, 0.3) is 0 Å². The minimum absolute atomic E-state index is 0.157. The molecule has 2 unspecified atom stereocenters. The standard InChI is InChI=1S/C29H30N4O7S/c1-6-39-27(34)24-16(3)30-17(4)25(28(35)40-7-2)26(24)19-10-8-9-11-20(19)31-29-32-21(15-41-29)18-12-13-23(38-5)22(14-18)33(36)37/h8-15,24,26H,6-7H2,1-5H3,(H,31,32). The van der Waals surface area contributed by atoms with Crippen molar-refractivity contribution in [3.05, 3.63) is 74.8 Å². The lowest BCUT2D eigenvalue weighted by Gasteiger charge is -2.32. The Morgan fingerprint density at radius 1 is 1.10 bits per heavy atom. The molecule has 0 fully saturated rings. The van der Waals surface area contributed by atoms with Crippen LogP contribution in [-0.2, 0) is 19.1 Å². The van der Waals surface area contributed by atoms with Crippen molar-refractivity contribution in [3.8, 4) is 17.0 Å². The predicted octanol–water partition coefficient (Wildman–Crippen LogP) is 6.05. The third-order valence-electron chi connectivity index (χ3n) is 6.58. The molecule has 0 aliphatic carbocycles. The normalized spacial score (nSPS) is 16.6. The highest BCUT2D eigenvalue weighted by Crippen LogP contribution is 2.44. The van der Waals surface area contributed by atoms with Crippen LogP contribution >= 0.6 is 11.3 Å². The summed E-state index contributed by atoms with van der Waals surface area (Å²) in [4.78, 5) is 46.5. The van der Waals surface area contributed by atoms with E-state index in [9.17, 15) is 19.7 Å². The summed E-state index contributed by atoms with van der Waals surface area (Å²) in [6.45, 7) is 7.26. The van der Waals surface area contributed by atoms with Crippen LogP contribution < -0.4 is 10.1 Å². The summed E-state index contributed by atoms with van der Waals surface area (Å²) in [7, 11) is 1.38. The highest BCUT2D eigenvalue weighted by atomic mass is 32.1. The number of aliphatic imine (C=N–C) groups is 1. The third kappa shape index (κ3) is 6.12.